The molecule has 248 valence electrons. The third-order valence-corrected chi connectivity index (χ3v) is 9.43. The second-order valence-corrected chi connectivity index (χ2v) is 12.9. The Morgan fingerprint density at radius 1 is 1.02 bits per heavy atom. The molecule has 0 fully saturated rings. The number of halogens is 1. The fourth-order valence-electron chi connectivity index (χ4n) is 5.20. The molecule has 0 saturated heterocycles. The average Bonchev–Trinajstić information content (AvgIpc) is 3.50. The van der Waals surface area contributed by atoms with Crippen molar-refractivity contribution in [3.05, 3.63) is 136 Å². The summed E-state index contributed by atoms with van der Waals surface area (Å²) in [6.07, 6.45) is -1.12. The minimum atomic E-state index is -3.90. The number of nitrogens with zero attached hydrogens (tertiary/aromatic N) is 4. The zero-order valence-corrected chi connectivity index (χ0v) is 26.5. The lowest BCUT2D eigenvalue weighted by Crippen LogP contribution is -2.53. The summed E-state index contributed by atoms with van der Waals surface area (Å²) in [4.78, 5) is 22.1. The molecule has 5 rings (SSSR count). The van der Waals surface area contributed by atoms with Crippen LogP contribution in [0.2, 0.25) is 0 Å². The quantitative estimate of drug-likeness (QED) is 0.0493. The van der Waals surface area contributed by atoms with Gasteiger partial charge in [-0.2, -0.15) is 0 Å². The summed E-state index contributed by atoms with van der Waals surface area (Å²) >= 11 is 0. The Hall–Kier alpha value is -5.27. The predicted molar refractivity (Wildman–Crippen MR) is 176 cm³/mol. The number of amides is 1. The predicted octanol–water partition coefficient (Wildman–Crippen LogP) is 5.47. The van der Waals surface area contributed by atoms with E-state index in [1.165, 1.54) is 18.2 Å². The van der Waals surface area contributed by atoms with E-state index in [-0.39, 0.29) is 41.6 Å². The standard InChI is InChI=1S/C34H33FN6O6S/c35-29-13-6-4-9-25(29)23-37-40-33(43)34(19-22-48(44,45)27-10-2-1-3-11-27)31(28-12-5-7-14-30(28)39-41-36)47-32(38-34)24-15-17-26(18-16-24)46-21-8-20-42/h1-7,9-18,31,37,42H,8,19-23H2,(H,40,43)/t31-,34-/m0/s1. The van der Waals surface area contributed by atoms with Gasteiger partial charge in [0.15, 0.2) is 21.5 Å². The molecule has 4 aromatic rings. The summed E-state index contributed by atoms with van der Waals surface area (Å²) in [7, 11) is -3.90. The van der Waals surface area contributed by atoms with Gasteiger partial charge in [0.1, 0.15) is 11.6 Å². The molecule has 12 nitrogen and oxygen atoms in total. The number of carbonyl (C=O) groups is 1. The number of aliphatic imine (C=N–C) groups is 1. The molecule has 48 heavy (non-hydrogen) atoms. The molecular formula is C34H33FN6O6S. The highest BCUT2D eigenvalue weighted by molar-refractivity contribution is 7.91. The maximum absolute atomic E-state index is 14.3. The molecule has 0 bridgehead atoms. The molecule has 3 N–H and O–H groups in total. The third kappa shape index (κ3) is 7.81. The molecule has 0 aliphatic carbocycles. The fourth-order valence-corrected chi connectivity index (χ4v) is 6.59. The summed E-state index contributed by atoms with van der Waals surface area (Å²) in [6, 6.07) is 27.1. The topological polar surface area (TPSA) is 175 Å². The molecule has 1 aliphatic rings. The van der Waals surface area contributed by atoms with Crippen LogP contribution in [0.1, 0.15) is 35.6 Å². The maximum atomic E-state index is 14.3. The van der Waals surface area contributed by atoms with Crippen LogP contribution in [-0.4, -0.2) is 49.8 Å². The number of aliphatic hydroxyl groups excluding tert-OH is 1. The molecule has 0 spiro atoms. The monoisotopic (exact) mass is 672 g/mol. The van der Waals surface area contributed by atoms with E-state index >= 15 is 0 Å². The third-order valence-electron chi connectivity index (χ3n) is 7.69. The molecule has 1 heterocycles. The van der Waals surface area contributed by atoms with Crippen molar-refractivity contribution in [1.29, 1.82) is 0 Å². The lowest BCUT2D eigenvalue weighted by Gasteiger charge is -2.31. The molecule has 0 radical (unpaired) electrons. The molecule has 14 heteroatoms. The smallest absolute Gasteiger partial charge is 0.266 e. The Balaban J connectivity index is 1.57. The number of aliphatic hydroxyl groups is 1. The zero-order chi connectivity index (χ0) is 34.0. The minimum Gasteiger partial charge on any atom is -0.494 e. The number of hydrazine groups is 1. The first-order valence-electron chi connectivity index (χ1n) is 15.1. The van der Waals surface area contributed by atoms with Gasteiger partial charge < -0.3 is 14.6 Å². The van der Waals surface area contributed by atoms with Crippen LogP contribution in [0.3, 0.4) is 0 Å². The van der Waals surface area contributed by atoms with Crippen molar-refractivity contribution < 1.29 is 32.2 Å². The lowest BCUT2D eigenvalue weighted by molar-refractivity contribution is -0.130. The van der Waals surface area contributed by atoms with Crippen LogP contribution >= 0.6 is 0 Å². The molecule has 0 saturated carbocycles. The molecule has 0 aromatic heterocycles. The van der Waals surface area contributed by atoms with E-state index in [0.29, 0.717) is 29.9 Å². The van der Waals surface area contributed by atoms with Crippen LogP contribution in [0.15, 0.2) is 118 Å². The summed E-state index contributed by atoms with van der Waals surface area (Å²) in [5, 5.41) is 12.8. The van der Waals surface area contributed by atoms with Crippen molar-refractivity contribution in [2.75, 3.05) is 19.0 Å². The van der Waals surface area contributed by atoms with E-state index in [0.717, 1.165) is 0 Å². The van der Waals surface area contributed by atoms with Crippen molar-refractivity contribution in [2.45, 2.75) is 35.9 Å². The Morgan fingerprint density at radius 2 is 1.73 bits per heavy atom. The fraction of sp³-hybridized carbons (Fsp3) is 0.235. The van der Waals surface area contributed by atoms with Crippen LogP contribution < -0.4 is 15.6 Å². The van der Waals surface area contributed by atoms with Gasteiger partial charge in [-0.15, -0.1) is 0 Å². The SMILES string of the molecule is [N-]=[N+]=Nc1ccccc1[C@@H]1OC(c2ccc(OCCCO)cc2)=N[C@]1(CCS(=O)(=O)c1ccccc1)C(=O)NNCc1ccccc1F. The van der Waals surface area contributed by atoms with E-state index < -0.39 is 39.0 Å². The van der Waals surface area contributed by atoms with Crippen molar-refractivity contribution in [1.82, 2.24) is 10.9 Å². The number of benzene rings is 4. The van der Waals surface area contributed by atoms with Crippen LogP contribution in [-0.2, 0) is 25.9 Å². The van der Waals surface area contributed by atoms with Crippen LogP contribution in [0.4, 0.5) is 10.1 Å². The van der Waals surface area contributed by atoms with Gasteiger partial charge in [-0.3, -0.25) is 10.2 Å². The van der Waals surface area contributed by atoms with Crippen LogP contribution in [0, 0.1) is 5.82 Å². The minimum absolute atomic E-state index is 0.0132. The highest BCUT2D eigenvalue weighted by Gasteiger charge is 2.54. The van der Waals surface area contributed by atoms with E-state index in [1.54, 1.807) is 84.9 Å². The van der Waals surface area contributed by atoms with Crippen molar-refractivity contribution in [3.8, 4) is 5.75 Å². The number of azide groups is 1. The van der Waals surface area contributed by atoms with Gasteiger partial charge in [0.25, 0.3) is 5.91 Å². The van der Waals surface area contributed by atoms with E-state index in [9.17, 15) is 23.1 Å². The Labute approximate surface area is 276 Å². The maximum Gasteiger partial charge on any atom is 0.266 e. The normalized spacial score (nSPS) is 17.1. The first kappa shape index (κ1) is 34.1. The van der Waals surface area contributed by atoms with Crippen molar-refractivity contribution >= 4 is 27.3 Å². The Bertz CT molecular complexity index is 1920. The van der Waals surface area contributed by atoms with Gasteiger partial charge in [-0.05, 0) is 48.0 Å². The first-order valence-corrected chi connectivity index (χ1v) is 16.7. The highest BCUT2D eigenvalue weighted by atomic mass is 32.2. The van der Waals surface area contributed by atoms with Crippen LogP contribution in [0.5, 0.6) is 5.75 Å². The molecule has 4 aromatic carbocycles. The summed E-state index contributed by atoms with van der Waals surface area (Å²) in [5.74, 6) is -1.14. The number of rotatable bonds is 15. The largest absolute Gasteiger partial charge is 0.494 e. The van der Waals surface area contributed by atoms with E-state index in [4.69, 9.17) is 19.6 Å². The van der Waals surface area contributed by atoms with Gasteiger partial charge in [-0.1, -0.05) is 65.8 Å². The van der Waals surface area contributed by atoms with Gasteiger partial charge in [0.2, 0.25) is 5.90 Å². The van der Waals surface area contributed by atoms with Gasteiger partial charge in [0, 0.05) is 53.3 Å². The number of sulfone groups is 1. The summed E-state index contributed by atoms with van der Waals surface area (Å²) < 4.78 is 53.4. The Morgan fingerprint density at radius 3 is 2.46 bits per heavy atom. The van der Waals surface area contributed by atoms with Crippen LogP contribution in [0.25, 0.3) is 10.4 Å². The molecule has 0 unspecified atom stereocenters. The second-order valence-electron chi connectivity index (χ2n) is 10.8. The van der Waals surface area contributed by atoms with Gasteiger partial charge in [0.05, 0.1) is 17.3 Å². The van der Waals surface area contributed by atoms with Crippen molar-refractivity contribution in [3.63, 3.8) is 0 Å². The van der Waals surface area contributed by atoms with Crippen molar-refractivity contribution in [2.24, 2.45) is 10.1 Å². The number of carbonyl (C=O) groups excluding carboxylic acids is 1. The lowest BCUT2D eigenvalue weighted by atomic mass is 9.84. The molecular weight excluding hydrogens is 639 g/mol. The number of hydrogen-bond acceptors (Lipinski definition) is 9. The molecule has 1 aliphatic heterocycles. The summed E-state index contributed by atoms with van der Waals surface area (Å²) in [6.45, 7) is 0.220. The zero-order valence-electron chi connectivity index (χ0n) is 25.7. The summed E-state index contributed by atoms with van der Waals surface area (Å²) in [5.41, 5.74) is 14.0. The second kappa shape index (κ2) is 15.5. The first-order chi connectivity index (χ1) is 23.3. The Kier molecular flexibility index (Phi) is 11.0. The van der Waals surface area contributed by atoms with E-state index in [1.807, 2.05) is 0 Å². The van der Waals surface area contributed by atoms with Gasteiger partial charge >= 0.3 is 0 Å². The highest BCUT2D eigenvalue weighted by Crippen LogP contribution is 2.45. The van der Waals surface area contributed by atoms with E-state index in [2.05, 4.69) is 20.9 Å². The number of hydrogen-bond donors (Lipinski definition) is 3. The molecule has 2 atom stereocenters. The molecule has 1 amide bonds. The van der Waals surface area contributed by atoms with Gasteiger partial charge in [-0.25, -0.2) is 23.2 Å². The number of nitrogens with one attached hydrogen (secondary N) is 2. The number of ether oxygens (including phenoxy) is 2. The average molecular weight is 673 g/mol.